The van der Waals surface area contributed by atoms with Gasteiger partial charge in [0.25, 0.3) is 5.91 Å². The van der Waals surface area contributed by atoms with Crippen LogP contribution in [0.2, 0.25) is 0 Å². The maximum absolute atomic E-state index is 12.2. The van der Waals surface area contributed by atoms with Crippen molar-refractivity contribution in [1.29, 1.82) is 0 Å². The molecular formula is C28H37NO4. The van der Waals surface area contributed by atoms with Gasteiger partial charge < -0.3 is 19.9 Å². The SMILES string of the molecule is CC1CCC1.Cc1cc(-c2ccc3c(c2)COC2(CCCCC2)O3)ccc1C(=O)NCCO. The predicted octanol–water partition coefficient (Wildman–Crippen LogP) is 5.76. The van der Waals surface area contributed by atoms with Crippen molar-refractivity contribution in [3.05, 3.63) is 53.1 Å². The number of rotatable bonds is 4. The zero-order valence-electron chi connectivity index (χ0n) is 20.0. The summed E-state index contributed by atoms with van der Waals surface area (Å²) in [5, 5.41) is 11.6. The molecule has 0 unspecified atom stereocenters. The first kappa shape index (κ1) is 23.8. The zero-order valence-corrected chi connectivity index (χ0v) is 20.0. The van der Waals surface area contributed by atoms with Crippen molar-refractivity contribution in [2.75, 3.05) is 13.2 Å². The Kier molecular flexibility index (Phi) is 7.71. The van der Waals surface area contributed by atoms with Crippen LogP contribution in [-0.4, -0.2) is 30.0 Å². The summed E-state index contributed by atoms with van der Waals surface area (Å²) in [4.78, 5) is 12.2. The Bertz CT molecular complexity index is 960. The van der Waals surface area contributed by atoms with Gasteiger partial charge in [-0.2, -0.15) is 0 Å². The number of fused-ring (bicyclic) bond motifs is 1. The molecule has 0 atom stereocenters. The van der Waals surface area contributed by atoms with Crippen molar-refractivity contribution in [3.63, 3.8) is 0 Å². The molecule has 0 radical (unpaired) electrons. The lowest BCUT2D eigenvalue weighted by molar-refractivity contribution is -0.222. The fourth-order valence-corrected chi connectivity index (χ4v) is 4.72. The summed E-state index contributed by atoms with van der Waals surface area (Å²) in [6, 6.07) is 12.0. The molecule has 2 aliphatic carbocycles. The smallest absolute Gasteiger partial charge is 0.251 e. The number of amides is 1. The van der Waals surface area contributed by atoms with E-state index in [1.54, 1.807) is 0 Å². The average molecular weight is 452 g/mol. The molecule has 1 amide bonds. The maximum atomic E-state index is 12.2. The molecule has 0 bridgehead atoms. The number of aliphatic hydroxyl groups excluding tert-OH is 1. The Morgan fingerprint density at radius 3 is 2.39 bits per heavy atom. The molecule has 0 aromatic heterocycles. The highest BCUT2D eigenvalue weighted by atomic mass is 16.7. The van der Waals surface area contributed by atoms with E-state index in [2.05, 4.69) is 24.4 Å². The van der Waals surface area contributed by atoms with E-state index in [-0.39, 0.29) is 19.1 Å². The van der Waals surface area contributed by atoms with Gasteiger partial charge in [0.05, 0.1) is 13.2 Å². The molecule has 2 aromatic rings. The standard InChI is InChI=1S/C23H27NO4.C5H10/c1-16-13-17(5-7-20(16)22(26)24-11-12-25)18-6-8-21-19(14-18)15-27-23(28-21)9-3-2-4-10-23;1-5-3-2-4-5/h5-8,13-14,25H,2-4,9-12,15H2,1H3,(H,24,26);5H,2-4H2,1H3. The quantitative estimate of drug-likeness (QED) is 0.620. The molecule has 3 aliphatic rings. The van der Waals surface area contributed by atoms with Crippen LogP contribution in [0, 0.1) is 12.8 Å². The molecule has 33 heavy (non-hydrogen) atoms. The number of hydrogen-bond acceptors (Lipinski definition) is 4. The lowest BCUT2D eigenvalue weighted by Gasteiger charge is -2.41. The summed E-state index contributed by atoms with van der Waals surface area (Å²) >= 11 is 0. The fraction of sp³-hybridized carbons (Fsp3) is 0.536. The van der Waals surface area contributed by atoms with Crippen LogP contribution in [0.4, 0.5) is 0 Å². The molecule has 5 heteroatoms. The van der Waals surface area contributed by atoms with Crippen LogP contribution in [-0.2, 0) is 11.3 Å². The van der Waals surface area contributed by atoms with E-state index in [0.717, 1.165) is 59.6 Å². The highest BCUT2D eigenvalue weighted by Crippen LogP contribution is 2.41. The lowest BCUT2D eigenvalue weighted by Crippen LogP contribution is -2.43. The topological polar surface area (TPSA) is 67.8 Å². The van der Waals surface area contributed by atoms with Gasteiger partial charge in [0.2, 0.25) is 5.79 Å². The number of nitrogens with one attached hydrogen (secondary N) is 1. The van der Waals surface area contributed by atoms with Gasteiger partial charge in [-0.25, -0.2) is 0 Å². The summed E-state index contributed by atoms with van der Waals surface area (Å²) in [6.07, 6.45) is 9.96. The number of carbonyl (C=O) groups excluding carboxylic acids is 1. The first-order valence-corrected chi connectivity index (χ1v) is 12.5. The van der Waals surface area contributed by atoms with E-state index in [1.165, 1.54) is 25.7 Å². The van der Waals surface area contributed by atoms with E-state index in [1.807, 2.05) is 31.2 Å². The lowest BCUT2D eigenvalue weighted by atomic mass is 9.88. The average Bonchev–Trinajstić information content (AvgIpc) is 2.81. The fourth-order valence-electron chi connectivity index (χ4n) is 4.72. The minimum atomic E-state index is -0.424. The van der Waals surface area contributed by atoms with Gasteiger partial charge in [-0.3, -0.25) is 4.79 Å². The molecule has 2 N–H and O–H groups in total. The van der Waals surface area contributed by atoms with Gasteiger partial charge in [0.15, 0.2) is 0 Å². The van der Waals surface area contributed by atoms with Gasteiger partial charge in [-0.1, -0.05) is 50.8 Å². The molecule has 178 valence electrons. The van der Waals surface area contributed by atoms with Crippen molar-refractivity contribution < 1.29 is 19.4 Å². The second kappa shape index (κ2) is 10.7. The van der Waals surface area contributed by atoms with Gasteiger partial charge in [0.1, 0.15) is 5.75 Å². The second-order valence-electron chi connectivity index (χ2n) is 9.73. The number of benzene rings is 2. The number of aliphatic hydroxyl groups is 1. The predicted molar refractivity (Wildman–Crippen MR) is 130 cm³/mol. The third kappa shape index (κ3) is 5.77. The van der Waals surface area contributed by atoms with E-state index in [0.29, 0.717) is 12.2 Å². The monoisotopic (exact) mass is 451 g/mol. The third-order valence-electron chi connectivity index (χ3n) is 7.06. The molecule has 0 saturated heterocycles. The van der Waals surface area contributed by atoms with E-state index < -0.39 is 5.79 Å². The summed E-state index contributed by atoms with van der Waals surface area (Å²) in [6.45, 7) is 5.00. The minimum Gasteiger partial charge on any atom is -0.462 e. The normalized spacial score (nSPS) is 18.9. The van der Waals surface area contributed by atoms with Gasteiger partial charge in [-0.15, -0.1) is 0 Å². The van der Waals surface area contributed by atoms with Crippen molar-refractivity contribution in [2.24, 2.45) is 5.92 Å². The van der Waals surface area contributed by atoms with Crippen LogP contribution in [0.25, 0.3) is 11.1 Å². The Balaban J connectivity index is 0.000000459. The molecule has 2 aromatic carbocycles. The van der Waals surface area contributed by atoms with Crippen molar-refractivity contribution in [1.82, 2.24) is 5.32 Å². The van der Waals surface area contributed by atoms with Crippen molar-refractivity contribution >= 4 is 5.91 Å². The van der Waals surface area contributed by atoms with Crippen molar-refractivity contribution in [2.45, 2.75) is 77.6 Å². The van der Waals surface area contributed by atoms with Crippen LogP contribution < -0.4 is 10.1 Å². The number of ether oxygens (including phenoxy) is 2. The van der Waals surface area contributed by atoms with Crippen LogP contribution in [0.5, 0.6) is 5.75 Å². The Labute approximate surface area is 197 Å². The first-order chi connectivity index (χ1) is 16.0. The van der Waals surface area contributed by atoms with Crippen LogP contribution >= 0.6 is 0 Å². The third-order valence-corrected chi connectivity index (χ3v) is 7.06. The molecule has 5 rings (SSSR count). The van der Waals surface area contributed by atoms with Crippen LogP contribution in [0.1, 0.15) is 79.8 Å². The number of carbonyl (C=O) groups is 1. The largest absolute Gasteiger partial charge is 0.462 e. The van der Waals surface area contributed by atoms with Gasteiger partial charge in [0, 0.05) is 30.5 Å². The highest BCUT2D eigenvalue weighted by molar-refractivity contribution is 5.96. The first-order valence-electron chi connectivity index (χ1n) is 12.5. The van der Waals surface area contributed by atoms with Gasteiger partial charge >= 0.3 is 0 Å². The molecule has 2 saturated carbocycles. The van der Waals surface area contributed by atoms with Crippen LogP contribution in [0.3, 0.4) is 0 Å². The summed E-state index contributed by atoms with van der Waals surface area (Å²) in [5.74, 6) is 1.40. The molecular weight excluding hydrogens is 414 g/mol. The molecule has 5 nitrogen and oxygen atoms in total. The highest BCUT2D eigenvalue weighted by Gasteiger charge is 2.38. The maximum Gasteiger partial charge on any atom is 0.251 e. The molecule has 1 spiro atoms. The van der Waals surface area contributed by atoms with Gasteiger partial charge in [-0.05, 0) is 60.6 Å². The number of aryl methyl sites for hydroxylation is 1. The minimum absolute atomic E-state index is 0.0660. The Morgan fingerprint density at radius 1 is 1.06 bits per heavy atom. The molecule has 2 fully saturated rings. The Hall–Kier alpha value is -2.37. The van der Waals surface area contributed by atoms with Crippen molar-refractivity contribution in [3.8, 4) is 16.9 Å². The second-order valence-corrected chi connectivity index (χ2v) is 9.73. The number of hydrogen-bond donors (Lipinski definition) is 2. The van der Waals surface area contributed by atoms with E-state index in [4.69, 9.17) is 14.6 Å². The van der Waals surface area contributed by atoms with E-state index >= 15 is 0 Å². The Morgan fingerprint density at radius 2 is 1.76 bits per heavy atom. The van der Waals surface area contributed by atoms with Crippen LogP contribution in [0.15, 0.2) is 36.4 Å². The molecule has 1 heterocycles. The zero-order chi connectivity index (χ0) is 23.3. The van der Waals surface area contributed by atoms with E-state index in [9.17, 15) is 4.79 Å². The summed E-state index contributed by atoms with van der Waals surface area (Å²) < 4.78 is 12.4. The summed E-state index contributed by atoms with van der Waals surface area (Å²) in [7, 11) is 0. The summed E-state index contributed by atoms with van der Waals surface area (Å²) in [5.41, 5.74) is 4.73. The molecule has 1 aliphatic heterocycles.